The Hall–Kier alpha value is -1.30. The molecule has 3 rings (SSSR count). The number of halogens is 1. The summed E-state index contributed by atoms with van der Waals surface area (Å²) in [6.07, 6.45) is 2.03. The van der Waals surface area contributed by atoms with Crippen molar-refractivity contribution in [3.05, 3.63) is 29.3 Å². The van der Waals surface area contributed by atoms with Crippen LogP contribution in [0.4, 0.5) is 0 Å². The van der Waals surface area contributed by atoms with E-state index in [0.29, 0.717) is 29.8 Å². The van der Waals surface area contributed by atoms with E-state index >= 15 is 0 Å². The fourth-order valence-electron chi connectivity index (χ4n) is 3.37. The number of amides is 1. The van der Waals surface area contributed by atoms with Crippen molar-refractivity contribution in [2.75, 3.05) is 40.0 Å². The van der Waals surface area contributed by atoms with Crippen LogP contribution in [-0.2, 0) is 14.3 Å². The van der Waals surface area contributed by atoms with Crippen LogP contribution in [0.5, 0.6) is 5.75 Å². The Labute approximate surface area is 141 Å². The molecule has 0 aromatic heterocycles. The number of hydrogen-bond donors (Lipinski definition) is 0. The van der Waals surface area contributed by atoms with E-state index in [2.05, 4.69) is 0 Å². The highest BCUT2D eigenvalue weighted by molar-refractivity contribution is 6.30. The third-order valence-corrected chi connectivity index (χ3v) is 4.93. The Balaban J connectivity index is 1.47. The first-order valence-electron chi connectivity index (χ1n) is 7.92. The van der Waals surface area contributed by atoms with E-state index in [1.807, 2.05) is 0 Å². The average Bonchev–Trinajstić information content (AvgIpc) is 2.93. The molecule has 1 atom stereocenters. The van der Waals surface area contributed by atoms with Gasteiger partial charge >= 0.3 is 0 Å². The second-order valence-electron chi connectivity index (χ2n) is 6.18. The van der Waals surface area contributed by atoms with Gasteiger partial charge in [-0.1, -0.05) is 17.7 Å². The first-order chi connectivity index (χ1) is 11.1. The summed E-state index contributed by atoms with van der Waals surface area (Å²) in [5.41, 5.74) is -0.162. The minimum Gasteiger partial charge on any atom is -0.484 e. The van der Waals surface area contributed by atoms with Gasteiger partial charge in [0.2, 0.25) is 0 Å². The highest BCUT2D eigenvalue weighted by atomic mass is 35.5. The van der Waals surface area contributed by atoms with Gasteiger partial charge in [-0.25, -0.2) is 0 Å². The molecule has 1 unspecified atom stereocenters. The second-order valence-corrected chi connectivity index (χ2v) is 6.61. The van der Waals surface area contributed by atoms with Crippen LogP contribution in [0.3, 0.4) is 0 Å². The summed E-state index contributed by atoms with van der Waals surface area (Å²) in [4.78, 5) is 14.0. The summed E-state index contributed by atoms with van der Waals surface area (Å²) in [6.45, 7) is 2.84. The van der Waals surface area contributed by atoms with Crippen molar-refractivity contribution >= 4 is 17.5 Å². The number of benzene rings is 1. The lowest BCUT2D eigenvalue weighted by molar-refractivity contribution is -0.167. The average molecular weight is 340 g/mol. The maximum atomic E-state index is 12.2. The van der Waals surface area contributed by atoms with Crippen LogP contribution < -0.4 is 4.74 Å². The van der Waals surface area contributed by atoms with E-state index < -0.39 is 0 Å². The Morgan fingerprint density at radius 2 is 2.30 bits per heavy atom. The largest absolute Gasteiger partial charge is 0.484 e. The van der Waals surface area contributed by atoms with Crippen molar-refractivity contribution in [2.24, 2.45) is 5.92 Å². The van der Waals surface area contributed by atoms with Crippen molar-refractivity contribution in [1.82, 2.24) is 4.90 Å². The lowest BCUT2D eigenvalue weighted by atomic mass is 9.79. The first kappa shape index (κ1) is 16.6. The van der Waals surface area contributed by atoms with Crippen molar-refractivity contribution in [3.8, 4) is 5.75 Å². The molecular weight excluding hydrogens is 318 g/mol. The molecule has 1 aromatic carbocycles. The SMILES string of the molecule is COCCC1CCOC12CN(C(=O)COc1cccc(Cl)c1)C2. The van der Waals surface area contributed by atoms with Crippen LogP contribution in [0.2, 0.25) is 5.02 Å². The Morgan fingerprint density at radius 3 is 3.04 bits per heavy atom. The topological polar surface area (TPSA) is 48.0 Å². The Morgan fingerprint density at radius 1 is 1.48 bits per heavy atom. The summed E-state index contributed by atoms with van der Waals surface area (Å²) in [5.74, 6) is 1.06. The predicted octanol–water partition coefficient (Wildman–Crippen LogP) is 2.37. The van der Waals surface area contributed by atoms with Crippen molar-refractivity contribution < 1.29 is 19.0 Å². The summed E-state index contributed by atoms with van der Waals surface area (Å²) >= 11 is 5.90. The van der Waals surface area contributed by atoms with E-state index in [1.165, 1.54) is 0 Å². The molecule has 2 aliphatic heterocycles. The second kappa shape index (κ2) is 7.07. The van der Waals surface area contributed by atoms with Crippen LogP contribution in [0.15, 0.2) is 24.3 Å². The lowest BCUT2D eigenvalue weighted by Gasteiger charge is -2.50. The summed E-state index contributed by atoms with van der Waals surface area (Å²) < 4.78 is 16.6. The van der Waals surface area contributed by atoms with Gasteiger partial charge in [0.25, 0.3) is 5.91 Å². The zero-order chi connectivity index (χ0) is 16.3. The maximum absolute atomic E-state index is 12.2. The Bertz CT molecular complexity index is 559. The van der Waals surface area contributed by atoms with Gasteiger partial charge in [-0.2, -0.15) is 0 Å². The number of carbonyl (C=O) groups is 1. The van der Waals surface area contributed by atoms with Crippen molar-refractivity contribution in [3.63, 3.8) is 0 Å². The molecule has 1 amide bonds. The van der Waals surface area contributed by atoms with Gasteiger partial charge in [0.1, 0.15) is 11.4 Å². The molecule has 5 nitrogen and oxygen atoms in total. The standard InChI is InChI=1S/C17H22ClNO4/c1-21-7-5-13-6-8-23-17(13)11-19(12-17)16(20)10-22-15-4-2-3-14(18)9-15/h2-4,9,13H,5-8,10-12H2,1H3. The molecule has 0 bridgehead atoms. The van der Waals surface area contributed by atoms with E-state index in [-0.39, 0.29) is 18.1 Å². The summed E-state index contributed by atoms with van der Waals surface area (Å²) in [6, 6.07) is 7.06. The zero-order valence-electron chi connectivity index (χ0n) is 13.3. The normalized spacial score (nSPS) is 22.2. The van der Waals surface area contributed by atoms with Crippen molar-refractivity contribution in [1.29, 1.82) is 0 Å². The number of rotatable bonds is 6. The van der Waals surface area contributed by atoms with Crippen LogP contribution in [0.1, 0.15) is 12.8 Å². The molecule has 126 valence electrons. The predicted molar refractivity (Wildman–Crippen MR) is 86.8 cm³/mol. The van der Waals surface area contributed by atoms with E-state index in [9.17, 15) is 4.79 Å². The molecule has 0 radical (unpaired) electrons. The Kier molecular flexibility index (Phi) is 5.09. The molecule has 0 saturated carbocycles. The van der Waals surface area contributed by atoms with Crippen molar-refractivity contribution in [2.45, 2.75) is 18.4 Å². The number of nitrogens with zero attached hydrogens (tertiary/aromatic N) is 1. The molecule has 2 fully saturated rings. The highest BCUT2D eigenvalue weighted by Crippen LogP contribution is 2.41. The van der Waals surface area contributed by atoms with Gasteiger partial charge in [-0.05, 0) is 37.0 Å². The molecule has 0 aliphatic carbocycles. The van der Waals surface area contributed by atoms with Crippen LogP contribution in [-0.4, -0.2) is 56.4 Å². The number of hydrogen-bond acceptors (Lipinski definition) is 4. The quantitative estimate of drug-likeness (QED) is 0.798. The fourth-order valence-corrected chi connectivity index (χ4v) is 3.55. The minimum atomic E-state index is -0.162. The van der Waals surface area contributed by atoms with Crippen LogP contribution in [0, 0.1) is 5.92 Å². The number of carbonyl (C=O) groups excluding carboxylic acids is 1. The summed E-state index contributed by atoms with van der Waals surface area (Å²) in [5, 5.41) is 0.596. The van der Waals surface area contributed by atoms with Gasteiger partial charge in [0.05, 0.1) is 13.1 Å². The zero-order valence-corrected chi connectivity index (χ0v) is 14.1. The molecule has 2 saturated heterocycles. The first-order valence-corrected chi connectivity index (χ1v) is 8.30. The third-order valence-electron chi connectivity index (χ3n) is 4.70. The molecular formula is C17H22ClNO4. The summed E-state index contributed by atoms with van der Waals surface area (Å²) in [7, 11) is 1.71. The van der Waals surface area contributed by atoms with Gasteiger partial charge in [0.15, 0.2) is 6.61 Å². The van der Waals surface area contributed by atoms with Crippen LogP contribution >= 0.6 is 11.6 Å². The minimum absolute atomic E-state index is 0.0170. The highest BCUT2D eigenvalue weighted by Gasteiger charge is 2.54. The molecule has 1 aromatic rings. The number of methoxy groups -OCH3 is 1. The molecule has 6 heteroatoms. The maximum Gasteiger partial charge on any atom is 0.260 e. The van der Waals surface area contributed by atoms with E-state index in [1.54, 1.807) is 36.3 Å². The molecule has 23 heavy (non-hydrogen) atoms. The van der Waals surface area contributed by atoms with Gasteiger partial charge in [-0.3, -0.25) is 4.79 Å². The molecule has 1 spiro atoms. The van der Waals surface area contributed by atoms with E-state index in [4.69, 9.17) is 25.8 Å². The number of likely N-dealkylation sites (tertiary alicyclic amines) is 1. The molecule has 0 N–H and O–H groups in total. The molecule has 2 aliphatic rings. The van der Waals surface area contributed by atoms with E-state index in [0.717, 1.165) is 26.1 Å². The third kappa shape index (κ3) is 3.62. The lowest BCUT2D eigenvalue weighted by Crippen LogP contribution is -2.66. The fraction of sp³-hybridized carbons (Fsp3) is 0.588. The monoisotopic (exact) mass is 339 g/mol. The number of ether oxygens (including phenoxy) is 3. The van der Waals surface area contributed by atoms with Gasteiger partial charge < -0.3 is 19.1 Å². The van der Waals surface area contributed by atoms with Crippen LogP contribution in [0.25, 0.3) is 0 Å². The molecule has 2 heterocycles. The smallest absolute Gasteiger partial charge is 0.260 e. The van der Waals surface area contributed by atoms with Gasteiger partial charge in [-0.15, -0.1) is 0 Å². The van der Waals surface area contributed by atoms with Gasteiger partial charge in [0, 0.05) is 25.3 Å².